The van der Waals surface area contributed by atoms with Gasteiger partial charge in [0.25, 0.3) is 0 Å². The maximum atomic E-state index is 5.74. The average Bonchev–Trinajstić information content (AvgIpc) is 3.13. The number of furan rings is 1. The summed E-state index contributed by atoms with van der Waals surface area (Å²) in [6.45, 7) is 1.64. The molecule has 0 spiro atoms. The van der Waals surface area contributed by atoms with E-state index in [0.717, 1.165) is 41.6 Å². The van der Waals surface area contributed by atoms with E-state index in [1.165, 1.54) is 17.7 Å². The minimum Gasteiger partial charge on any atom is -0.464 e. The Morgan fingerprint density at radius 2 is 2.20 bits per heavy atom. The standard InChI is InChI=1S/C16H17N3O/c17-8-7-13-16(14-5-3-9-19(14)18-13)12-10-20-15-6-2-1-4-11(12)15/h1-2,4,6,10H,3,5,7-9,17H2. The molecule has 2 N–H and O–H groups in total. The van der Waals surface area contributed by atoms with Crippen LogP contribution in [0.2, 0.25) is 0 Å². The third kappa shape index (κ3) is 1.61. The van der Waals surface area contributed by atoms with Gasteiger partial charge in [0.2, 0.25) is 0 Å². The molecule has 0 atom stereocenters. The Morgan fingerprint density at radius 3 is 3.10 bits per heavy atom. The Bertz CT molecular complexity index is 769. The summed E-state index contributed by atoms with van der Waals surface area (Å²) in [5, 5.41) is 5.90. The van der Waals surface area contributed by atoms with Crippen LogP contribution in [-0.4, -0.2) is 16.3 Å². The van der Waals surface area contributed by atoms with Crippen LogP contribution < -0.4 is 5.73 Å². The number of fused-ring (bicyclic) bond motifs is 2. The molecule has 102 valence electrons. The molecule has 1 aliphatic heterocycles. The van der Waals surface area contributed by atoms with Gasteiger partial charge >= 0.3 is 0 Å². The van der Waals surface area contributed by atoms with Gasteiger partial charge < -0.3 is 10.2 Å². The van der Waals surface area contributed by atoms with Crippen molar-refractivity contribution >= 4 is 11.0 Å². The van der Waals surface area contributed by atoms with Gasteiger partial charge in [0, 0.05) is 35.2 Å². The monoisotopic (exact) mass is 267 g/mol. The maximum Gasteiger partial charge on any atom is 0.134 e. The van der Waals surface area contributed by atoms with Crippen molar-refractivity contribution in [1.29, 1.82) is 0 Å². The third-order valence-corrected chi connectivity index (χ3v) is 4.05. The average molecular weight is 267 g/mol. The number of hydrogen-bond acceptors (Lipinski definition) is 3. The van der Waals surface area contributed by atoms with Crippen LogP contribution in [0.4, 0.5) is 0 Å². The van der Waals surface area contributed by atoms with Crippen molar-refractivity contribution in [2.24, 2.45) is 5.73 Å². The Balaban J connectivity index is 1.97. The summed E-state index contributed by atoms with van der Waals surface area (Å²) >= 11 is 0. The Morgan fingerprint density at radius 1 is 1.30 bits per heavy atom. The number of rotatable bonds is 3. The molecule has 1 aromatic carbocycles. The molecule has 0 saturated heterocycles. The molecule has 0 aliphatic carbocycles. The largest absolute Gasteiger partial charge is 0.464 e. The van der Waals surface area contributed by atoms with Crippen molar-refractivity contribution in [3.63, 3.8) is 0 Å². The summed E-state index contributed by atoms with van der Waals surface area (Å²) in [6.07, 6.45) is 4.94. The number of nitrogens with zero attached hydrogens (tertiary/aromatic N) is 2. The first-order valence-electron chi connectivity index (χ1n) is 7.13. The normalized spacial score (nSPS) is 14.1. The molecule has 0 fully saturated rings. The lowest BCUT2D eigenvalue weighted by molar-refractivity contribution is 0.617. The highest BCUT2D eigenvalue weighted by atomic mass is 16.3. The van der Waals surface area contributed by atoms with Crippen molar-refractivity contribution in [1.82, 2.24) is 9.78 Å². The molecule has 3 aromatic rings. The zero-order valence-electron chi connectivity index (χ0n) is 11.3. The molecular formula is C16H17N3O. The second kappa shape index (κ2) is 4.49. The molecule has 1 aliphatic rings. The molecule has 0 bridgehead atoms. The number of aryl methyl sites for hydroxylation is 1. The van der Waals surface area contributed by atoms with Gasteiger partial charge in [-0.25, -0.2) is 0 Å². The van der Waals surface area contributed by atoms with Crippen LogP contribution in [0.3, 0.4) is 0 Å². The maximum absolute atomic E-state index is 5.74. The van der Waals surface area contributed by atoms with Crippen molar-refractivity contribution in [2.75, 3.05) is 6.54 Å². The minimum atomic E-state index is 0.624. The zero-order chi connectivity index (χ0) is 13.5. The van der Waals surface area contributed by atoms with E-state index in [4.69, 9.17) is 15.2 Å². The SMILES string of the molecule is NCCc1nn2c(c1-c1coc3ccccc13)CCC2. The fourth-order valence-corrected chi connectivity index (χ4v) is 3.18. The van der Waals surface area contributed by atoms with Gasteiger partial charge in [-0.1, -0.05) is 18.2 Å². The lowest BCUT2D eigenvalue weighted by atomic mass is 9.99. The van der Waals surface area contributed by atoms with E-state index in [9.17, 15) is 0 Å². The van der Waals surface area contributed by atoms with E-state index >= 15 is 0 Å². The van der Waals surface area contributed by atoms with Crippen LogP contribution in [0.15, 0.2) is 34.9 Å². The Labute approximate surface area is 117 Å². The summed E-state index contributed by atoms with van der Waals surface area (Å²) in [6, 6.07) is 8.16. The highest BCUT2D eigenvalue weighted by Crippen LogP contribution is 2.37. The van der Waals surface area contributed by atoms with E-state index in [2.05, 4.69) is 10.7 Å². The number of hydrogen-bond donors (Lipinski definition) is 1. The van der Waals surface area contributed by atoms with E-state index in [0.29, 0.717) is 6.54 Å². The third-order valence-electron chi connectivity index (χ3n) is 4.05. The molecular weight excluding hydrogens is 250 g/mol. The van der Waals surface area contributed by atoms with Crippen molar-refractivity contribution < 1.29 is 4.42 Å². The molecule has 0 saturated carbocycles. The second-order valence-electron chi connectivity index (χ2n) is 5.28. The summed E-state index contributed by atoms with van der Waals surface area (Å²) in [5.74, 6) is 0. The molecule has 0 unspecified atom stereocenters. The van der Waals surface area contributed by atoms with Crippen LogP contribution in [-0.2, 0) is 19.4 Å². The van der Waals surface area contributed by atoms with Gasteiger partial charge in [0.05, 0.1) is 12.0 Å². The van der Waals surface area contributed by atoms with Crippen molar-refractivity contribution in [3.8, 4) is 11.1 Å². The minimum absolute atomic E-state index is 0.624. The first-order valence-corrected chi connectivity index (χ1v) is 7.13. The summed E-state index contributed by atoms with van der Waals surface area (Å²) in [4.78, 5) is 0. The fraction of sp³-hybridized carbons (Fsp3) is 0.312. The number of benzene rings is 1. The molecule has 2 aromatic heterocycles. The summed E-state index contributed by atoms with van der Waals surface area (Å²) in [5.41, 5.74) is 11.5. The van der Waals surface area contributed by atoms with Crippen molar-refractivity contribution in [3.05, 3.63) is 41.9 Å². The topological polar surface area (TPSA) is 57.0 Å². The molecule has 4 heteroatoms. The van der Waals surface area contributed by atoms with E-state index in [1.807, 2.05) is 24.5 Å². The van der Waals surface area contributed by atoms with Gasteiger partial charge in [-0.2, -0.15) is 5.10 Å². The Hall–Kier alpha value is -2.07. The van der Waals surface area contributed by atoms with Gasteiger partial charge in [-0.05, 0) is 25.5 Å². The molecule has 0 amide bonds. The van der Waals surface area contributed by atoms with Gasteiger partial charge in [-0.3, -0.25) is 4.68 Å². The zero-order valence-corrected chi connectivity index (χ0v) is 11.3. The van der Waals surface area contributed by atoms with Crippen LogP contribution in [0.1, 0.15) is 17.8 Å². The van der Waals surface area contributed by atoms with Gasteiger partial charge in [0.1, 0.15) is 5.58 Å². The van der Waals surface area contributed by atoms with Crippen LogP contribution in [0, 0.1) is 0 Å². The molecule has 4 nitrogen and oxygen atoms in total. The highest BCUT2D eigenvalue weighted by molar-refractivity contribution is 5.95. The molecule has 0 radical (unpaired) electrons. The van der Waals surface area contributed by atoms with Crippen molar-refractivity contribution in [2.45, 2.75) is 25.8 Å². The predicted octanol–water partition coefficient (Wildman–Crippen LogP) is 2.74. The fourth-order valence-electron chi connectivity index (χ4n) is 3.18. The molecule has 3 heterocycles. The lowest BCUT2D eigenvalue weighted by Gasteiger charge is -2.02. The quantitative estimate of drug-likeness (QED) is 0.793. The molecule has 4 rings (SSSR count). The van der Waals surface area contributed by atoms with Crippen LogP contribution >= 0.6 is 0 Å². The summed E-state index contributed by atoms with van der Waals surface area (Å²) < 4.78 is 7.84. The van der Waals surface area contributed by atoms with E-state index in [-0.39, 0.29) is 0 Å². The smallest absolute Gasteiger partial charge is 0.134 e. The van der Waals surface area contributed by atoms with E-state index < -0.39 is 0 Å². The molecule has 20 heavy (non-hydrogen) atoms. The van der Waals surface area contributed by atoms with Crippen LogP contribution in [0.25, 0.3) is 22.1 Å². The van der Waals surface area contributed by atoms with Crippen LogP contribution in [0.5, 0.6) is 0 Å². The Kier molecular flexibility index (Phi) is 2.63. The van der Waals surface area contributed by atoms with E-state index in [1.54, 1.807) is 0 Å². The first-order chi connectivity index (χ1) is 9.88. The first kappa shape index (κ1) is 11.7. The highest BCUT2D eigenvalue weighted by Gasteiger charge is 2.24. The predicted molar refractivity (Wildman–Crippen MR) is 78.5 cm³/mol. The number of aromatic nitrogens is 2. The van der Waals surface area contributed by atoms with Gasteiger partial charge in [-0.15, -0.1) is 0 Å². The van der Waals surface area contributed by atoms with Gasteiger partial charge in [0.15, 0.2) is 0 Å². The lowest BCUT2D eigenvalue weighted by Crippen LogP contribution is -2.05. The summed E-state index contributed by atoms with van der Waals surface area (Å²) in [7, 11) is 0. The second-order valence-corrected chi connectivity index (χ2v) is 5.28. The number of nitrogens with two attached hydrogens (primary N) is 1. The number of para-hydroxylation sites is 1.